The normalized spacial score (nSPS) is 16.8. The third-order valence-electron chi connectivity index (χ3n) is 3.38. The van der Waals surface area contributed by atoms with Crippen molar-refractivity contribution in [2.75, 3.05) is 17.8 Å². The molecule has 8 heteroatoms. The van der Waals surface area contributed by atoms with Gasteiger partial charge in [0.25, 0.3) is 5.91 Å². The fourth-order valence-corrected chi connectivity index (χ4v) is 3.34. The van der Waals surface area contributed by atoms with Crippen LogP contribution in [0.5, 0.6) is 0 Å². The zero-order chi connectivity index (χ0) is 17.2. The first-order chi connectivity index (χ1) is 11.5. The lowest BCUT2D eigenvalue weighted by Crippen LogP contribution is -2.28. The Morgan fingerprint density at radius 1 is 1.17 bits per heavy atom. The van der Waals surface area contributed by atoms with Gasteiger partial charge in [0.05, 0.1) is 5.56 Å². The Labute approximate surface area is 141 Å². The molecular formula is C16H18N6OS. The molecule has 0 bridgehead atoms. The van der Waals surface area contributed by atoms with E-state index in [1.54, 1.807) is 24.5 Å². The number of hydrogen-bond acceptors (Lipinski definition) is 6. The maximum Gasteiger partial charge on any atom is 0.259 e. The van der Waals surface area contributed by atoms with Gasteiger partial charge in [0.15, 0.2) is 5.17 Å². The van der Waals surface area contributed by atoms with Crippen molar-refractivity contribution in [2.24, 2.45) is 9.39 Å². The van der Waals surface area contributed by atoms with Gasteiger partial charge in [0.1, 0.15) is 5.82 Å². The average Bonchev–Trinajstić information content (AvgIpc) is 2.84. The molecule has 0 atom stereocenters. The Hall–Kier alpha value is -2.74. The minimum atomic E-state index is -1.52. The van der Waals surface area contributed by atoms with Crippen LogP contribution in [0.3, 0.4) is 0 Å². The summed E-state index contributed by atoms with van der Waals surface area (Å²) in [6.45, 7) is 1.97. The smallest absolute Gasteiger partial charge is 0.259 e. The van der Waals surface area contributed by atoms with Gasteiger partial charge in [-0.15, -0.1) is 0 Å². The number of amidine groups is 1. The summed E-state index contributed by atoms with van der Waals surface area (Å²) in [4.78, 5) is 24.9. The van der Waals surface area contributed by atoms with Gasteiger partial charge in [-0.2, -0.15) is 9.39 Å². The third kappa shape index (κ3) is 3.43. The van der Waals surface area contributed by atoms with Gasteiger partial charge in [0.2, 0.25) is 5.96 Å². The molecule has 2 aromatic heterocycles. The van der Waals surface area contributed by atoms with Crippen LogP contribution in [-0.4, -0.2) is 39.5 Å². The van der Waals surface area contributed by atoms with E-state index in [4.69, 9.17) is 0 Å². The number of carbonyl (C=O) groups is 1. The van der Waals surface area contributed by atoms with Gasteiger partial charge in [-0.3, -0.25) is 15.1 Å². The summed E-state index contributed by atoms with van der Waals surface area (Å²) in [5.41, 5.74) is 1.48. The van der Waals surface area contributed by atoms with Gasteiger partial charge in [-0.1, -0.05) is 16.3 Å². The van der Waals surface area contributed by atoms with Gasteiger partial charge < -0.3 is 5.32 Å². The minimum absolute atomic E-state index is 0.281. The zero-order valence-electron chi connectivity index (χ0n) is 13.6. The fourth-order valence-electron chi connectivity index (χ4n) is 2.08. The number of aryl methyl sites for hydroxylation is 1. The molecule has 0 spiro atoms. The average molecular weight is 342 g/mol. The summed E-state index contributed by atoms with van der Waals surface area (Å²) >= 11 is 0. The summed E-state index contributed by atoms with van der Waals surface area (Å²) in [5, 5.41) is 6.68. The number of nitrogens with zero attached hydrogens (tertiary/aromatic N) is 4. The molecule has 0 saturated carbocycles. The van der Waals surface area contributed by atoms with E-state index in [-0.39, 0.29) is 5.91 Å². The SMILES string of the molecule is Cc1cccnc1NC1=NC(NC(=O)c2cccnc2)=NS1(C)C. The first-order valence-electron chi connectivity index (χ1n) is 7.28. The van der Waals surface area contributed by atoms with E-state index in [0.717, 1.165) is 11.4 Å². The number of carbonyl (C=O) groups excluding carboxylic acids is 1. The number of pyridine rings is 2. The summed E-state index contributed by atoms with van der Waals surface area (Å²) in [6.07, 6.45) is 8.84. The number of amides is 1. The molecule has 0 aliphatic carbocycles. The third-order valence-corrected chi connectivity index (χ3v) is 5.15. The van der Waals surface area contributed by atoms with Crippen LogP contribution in [0.1, 0.15) is 15.9 Å². The van der Waals surface area contributed by atoms with Crippen molar-refractivity contribution >= 4 is 33.1 Å². The summed E-state index contributed by atoms with van der Waals surface area (Å²) in [5.74, 6) is 0.767. The van der Waals surface area contributed by atoms with Crippen LogP contribution in [0, 0.1) is 6.92 Å². The Bertz CT molecular complexity index is 831. The van der Waals surface area contributed by atoms with Crippen molar-refractivity contribution in [3.63, 3.8) is 0 Å². The molecule has 1 aliphatic heterocycles. The van der Waals surface area contributed by atoms with Crippen molar-refractivity contribution in [1.82, 2.24) is 15.3 Å². The number of rotatable bonds is 2. The van der Waals surface area contributed by atoms with Gasteiger partial charge in [0, 0.05) is 18.6 Å². The number of hydrogen-bond donors (Lipinski definition) is 2. The van der Waals surface area contributed by atoms with Crippen molar-refractivity contribution in [2.45, 2.75) is 6.92 Å². The van der Waals surface area contributed by atoms with Crippen LogP contribution in [0.2, 0.25) is 0 Å². The molecule has 24 heavy (non-hydrogen) atoms. The van der Waals surface area contributed by atoms with Gasteiger partial charge >= 0.3 is 0 Å². The van der Waals surface area contributed by atoms with E-state index in [9.17, 15) is 4.79 Å². The molecule has 0 fully saturated rings. The Balaban J connectivity index is 1.77. The first-order valence-corrected chi connectivity index (χ1v) is 9.68. The molecular weight excluding hydrogens is 324 g/mol. The second kappa shape index (κ2) is 6.40. The monoisotopic (exact) mass is 342 g/mol. The second-order valence-electron chi connectivity index (χ2n) is 5.59. The Morgan fingerprint density at radius 2 is 1.96 bits per heavy atom. The standard InChI is InChI=1S/C16H18N6OS/c1-11-6-4-9-18-13(11)19-16-21-15(22-24(16,2)3)20-14(23)12-7-5-8-17-10-12/h4-10H,1-3H3,(H2,18,19,20,21,22,23). The highest BCUT2D eigenvalue weighted by molar-refractivity contribution is 8.44. The highest BCUT2D eigenvalue weighted by atomic mass is 32.3. The van der Waals surface area contributed by atoms with Crippen LogP contribution in [0.4, 0.5) is 5.82 Å². The van der Waals surface area contributed by atoms with Crippen molar-refractivity contribution < 1.29 is 4.79 Å². The summed E-state index contributed by atoms with van der Waals surface area (Å²) in [6, 6.07) is 7.25. The highest BCUT2D eigenvalue weighted by Gasteiger charge is 2.28. The molecule has 3 rings (SSSR count). The second-order valence-corrected chi connectivity index (χ2v) is 8.71. The lowest BCUT2D eigenvalue weighted by molar-refractivity contribution is 0.0976. The largest absolute Gasteiger partial charge is 0.319 e. The van der Waals surface area contributed by atoms with E-state index in [0.29, 0.717) is 16.7 Å². The zero-order valence-corrected chi connectivity index (χ0v) is 14.5. The van der Waals surface area contributed by atoms with Crippen LogP contribution >= 0.6 is 10.2 Å². The fraction of sp³-hybridized carbons (Fsp3) is 0.188. The summed E-state index contributed by atoms with van der Waals surface area (Å²) in [7, 11) is -1.52. The van der Waals surface area contributed by atoms with Crippen LogP contribution in [0.25, 0.3) is 0 Å². The Morgan fingerprint density at radius 3 is 2.67 bits per heavy atom. The lowest BCUT2D eigenvalue weighted by Gasteiger charge is -2.23. The van der Waals surface area contributed by atoms with E-state index >= 15 is 0 Å². The maximum absolute atomic E-state index is 12.2. The predicted octanol–water partition coefficient (Wildman–Crippen LogP) is 2.33. The van der Waals surface area contributed by atoms with E-state index in [2.05, 4.69) is 30.0 Å². The molecule has 124 valence electrons. The first kappa shape index (κ1) is 16.1. The van der Waals surface area contributed by atoms with Crippen LogP contribution < -0.4 is 10.6 Å². The van der Waals surface area contributed by atoms with Gasteiger partial charge in [-0.05, 0) is 43.2 Å². The quantitative estimate of drug-likeness (QED) is 0.876. The molecule has 2 aromatic rings. The predicted molar refractivity (Wildman–Crippen MR) is 98.6 cm³/mol. The van der Waals surface area contributed by atoms with E-state index in [1.807, 2.05) is 31.6 Å². The highest BCUT2D eigenvalue weighted by Crippen LogP contribution is 2.46. The Kier molecular flexibility index (Phi) is 4.30. The molecule has 3 heterocycles. The number of aromatic nitrogens is 2. The minimum Gasteiger partial charge on any atom is -0.319 e. The number of anilines is 1. The molecule has 2 N–H and O–H groups in total. The number of nitrogens with one attached hydrogen (secondary N) is 2. The number of guanidine groups is 1. The molecule has 1 aliphatic rings. The number of aliphatic imine (C=N–C) groups is 1. The van der Waals surface area contributed by atoms with Crippen LogP contribution in [-0.2, 0) is 0 Å². The molecule has 0 unspecified atom stereocenters. The molecule has 0 saturated heterocycles. The molecule has 0 radical (unpaired) electrons. The van der Waals surface area contributed by atoms with Gasteiger partial charge in [-0.25, -0.2) is 4.98 Å². The van der Waals surface area contributed by atoms with Crippen LogP contribution in [0.15, 0.2) is 52.2 Å². The van der Waals surface area contributed by atoms with E-state index < -0.39 is 10.2 Å². The molecule has 1 amide bonds. The molecule has 0 aromatic carbocycles. The van der Waals surface area contributed by atoms with Crippen molar-refractivity contribution in [1.29, 1.82) is 0 Å². The molecule has 7 nitrogen and oxygen atoms in total. The lowest BCUT2D eigenvalue weighted by atomic mass is 10.3. The topological polar surface area (TPSA) is 91.6 Å². The maximum atomic E-state index is 12.2. The summed E-state index contributed by atoms with van der Waals surface area (Å²) < 4.78 is 4.55. The van der Waals surface area contributed by atoms with Crippen molar-refractivity contribution in [3.05, 3.63) is 54.0 Å². The van der Waals surface area contributed by atoms with E-state index in [1.165, 1.54) is 6.20 Å². The van der Waals surface area contributed by atoms with Crippen molar-refractivity contribution in [3.8, 4) is 0 Å².